The Morgan fingerprint density at radius 3 is 2.94 bits per heavy atom. The highest BCUT2D eigenvalue weighted by Gasteiger charge is 2.27. The first-order chi connectivity index (χ1) is 8.13. The third kappa shape index (κ3) is 2.50. The lowest BCUT2D eigenvalue weighted by atomic mass is 9.95. The number of methoxy groups -OCH3 is 1. The molecule has 1 aliphatic rings. The summed E-state index contributed by atoms with van der Waals surface area (Å²) in [5.74, 6) is 0.594. The molecule has 17 heavy (non-hydrogen) atoms. The van der Waals surface area contributed by atoms with Crippen molar-refractivity contribution in [3.8, 4) is 0 Å². The number of hydrogen-bond acceptors (Lipinski definition) is 3. The van der Waals surface area contributed by atoms with Gasteiger partial charge < -0.3 is 15.4 Å². The standard InChI is InChI=1S/C13H19ClN2O/c1-9-6-7-16(8-12(9)17-2)11-5-3-4-10(14)13(11)15/h3-5,9,12H,6-8,15H2,1-2H3. The number of ether oxygens (including phenoxy) is 1. The van der Waals surface area contributed by atoms with Gasteiger partial charge in [0.2, 0.25) is 0 Å². The van der Waals surface area contributed by atoms with Gasteiger partial charge in [0.1, 0.15) is 0 Å². The van der Waals surface area contributed by atoms with E-state index >= 15 is 0 Å². The van der Waals surface area contributed by atoms with Crippen LogP contribution in [0.2, 0.25) is 5.02 Å². The summed E-state index contributed by atoms with van der Waals surface area (Å²) in [6.07, 6.45) is 1.38. The average Bonchev–Trinajstić information content (AvgIpc) is 2.34. The Morgan fingerprint density at radius 1 is 1.47 bits per heavy atom. The van der Waals surface area contributed by atoms with E-state index in [1.807, 2.05) is 18.2 Å². The molecular weight excluding hydrogens is 236 g/mol. The summed E-state index contributed by atoms with van der Waals surface area (Å²) in [4.78, 5) is 2.26. The fourth-order valence-electron chi connectivity index (χ4n) is 2.36. The normalized spacial score (nSPS) is 25.0. The van der Waals surface area contributed by atoms with Gasteiger partial charge in [-0.3, -0.25) is 0 Å². The number of nitrogen functional groups attached to an aromatic ring is 1. The lowest BCUT2D eigenvalue weighted by Gasteiger charge is -2.38. The summed E-state index contributed by atoms with van der Waals surface area (Å²) in [5, 5.41) is 0.620. The van der Waals surface area contributed by atoms with Gasteiger partial charge in [0.25, 0.3) is 0 Å². The molecule has 1 heterocycles. The Morgan fingerprint density at radius 2 is 2.24 bits per heavy atom. The second-order valence-corrected chi connectivity index (χ2v) is 5.07. The van der Waals surface area contributed by atoms with Crippen LogP contribution >= 0.6 is 11.6 Å². The molecule has 2 unspecified atom stereocenters. The second kappa shape index (κ2) is 5.15. The molecule has 1 aromatic rings. The summed E-state index contributed by atoms with van der Waals surface area (Å²) in [6, 6.07) is 5.78. The van der Waals surface area contributed by atoms with E-state index in [1.165, 1.54) is 0 Å². The lowest BCUT2D eigenvalue weighted by molar-refractivity contribution is 0.0499. The molecule has 1 aromatic carbocycles. The van der Waals surface area contributed by atoms with Crippen LogP contribution in [0.25, 0.3) is 0 Å². The summed E-state index contributed by atoms with van der Waals surface area (Å²) in [7, 11) is 1.77. The predicted octanol–water partition coefficient (Wildman–Crippen LogP) is 2.78. The van der Waals surface area contributed by atoms with Crippen molar-refractivity contribution in [1.29, 1.82) is 0 Å². The number of para-hydroxylation sites is 1. The van der Waals surface area contributed by atoms with Crippen molar-refractivity contribution in [1.82, 2.24) is 0 Å². The molecule has 2 atom stereocenters. The molecule has 0 saturated carbocycles. The SMILES string of the molecule is COC1CN(c2cccc(Cl)c2N)CCC1C. The summed E-state index contributed by atoms with van der Waals surface area (Å²) < 4.78 is 5.51. The largest absolute Gasteiger partial charge is 0.396 e. The first-order valence-electron chi connectivity index (χ1n) is 5.95. The molecule has 0 bridgehead atoms. The van der Waals surface area contributed by atoms with Gasteiger partial charge in [0.05, 0.1) is 22.5 Å². The minimum Gasteiger partial charge on any atom is -0.396 e. The van der Waals surface area contributed by atoms with Gasteiger partial charge in [-0.15, -0.1) is 0 Å². The zero-order valence-electron chi connectivity index (χ0n) is 10.3. The second-order valence-electron chi connectivity index (χ2n) is 4.66. The molecule has 1 saturated heterocycles. The number of nitrogens with zero attached hydrogens (tertiary/aromatic N) is 1. The van der Waals surface area contributed by atoms with Gasteiger partial charge in [-0.05, 0) is 24.5 Å². The van der Waals surface area contributed by atoms with Gasteiger partial charge in [0, 0.05) is 20.2 Å². The van der Waals surface area contributed by atoms with Crippen LogP contribution in [0.15, 0.2) is 18.2 Å². The maximum atomic E-state index is 6.05. The van der Waals surface area contributed by atoms with Crippen LogP contribution in [-0.4, -0.2) is 26.3 Å². The monoisotopic (exact) mass is 254 g/mol. The molecule has 2 rings (SSSR count). The Labute approximate surface area is 107 Å². The number of halogens is 1. The molecular formula is C13H19ClN2O. The van der Waals surface area contributed by atoms with E-state index in [2.05, 4.69) is 11.8 Å². The lowest BCUT2D eigenvalue weighted by Crippen LogP contribution is -2.44. The van der Waals surface area contributed by atoms with Gasteiger partial charge in [-0.2, -0.15) is 0 Å². The van der Waals surface area contributed by atoms with Crippen molar-refractivity contribution < 1.29 is 4.74 Å². The van der Waals surface area contributed by atoms with Crippen molar-refractivity contribution in [2.45, 2.75) is 19.4 Å². The first kappa shape index (κ1) is 12.5. The highest BCUT2D eigenvalue weighted by atomic mass is 35.5. The van der Waals surface area contributed by atoms with Crippen LogP contribution in [0.4, 0.5) is 11.4 Å². The molecule has 0 radical (unpaired) electrons. The van der Waals surface area contributed by atoms with Gasteiger partial charge in [-0.25, -0.2) is 0 Å². The number of hydrogen-bond donors (Lipinski definition) is 1. The summed E-state index contributed by atoms with van der Waals surface area (Å²) >= 11 is 6.05. The van der Waals surface area contributed by atoms with E-state index in [1.54, 1.807) is 7.11 Å². The Hall–Kier alpha value is -0.930. The van der Waals surface area contributed by atoms with E-state index < -0.39 is 0 Å². The Kier molecular flexibility index (Phi) is 3.79. The zero-order valence-corrected chi connectivity index (χ0v) is 11.1. The van der Waals surface area contributed by atoms with Gasteiger partial charge >= 0.3 is 0 Å². The topological polar surface area (TPSA) is 38.5 Å². The number of rotatable bonds is 2. The Balaban J connectivity index is 2.20. The number of anilines is 2. The molecule has 4 heteroatoms. The number of piperidine rings is 1. The summed E-state index contributed by atoms with van der Waals surface area (Å²) in [5.41, 5.74) is 7.71. The molecule has 94 valence electrons. The van der Waals surface area contributed by atoms with Crippen LogP contribution in [0.1, 0.15) is 13.3 Å². The third-order valence-corrected chi connectivity index (χ3v) is 3.89. The van der Waals surface area contributed by atoms with Crippen molar-refractivity contribution in [2.75, 3.05) is 30.8 Å². The molecule has 0 aliphatic carbocycles. The highest BCUT2D eigenvalue weighted by Crippen LogP contribution is 2.33. The quantitative estimate of drug-likeness (QED) is 0.825. The fraction of sp³-hybridized carbons (Fsp3) is 0.538. The summed E-state index contributed by atoms with van der Waals surface area (Å²) in [6.45, 7) is 4.11. The van der Waals surface area contributed by atoms with Crippen molar-refractivity contribution in [3.63, 3.8) is 0 Å². The smallest absolute Gasteiger partial charge is 0.0772 e. The van der Waals surface area contributed by atoms with E-state index in [9.17, 15) is 0 Å². The van der Waals surface area contributed by atoms with Crippen LogP contribution < -0.4 is 10.6 Å². The number of nitrogens with two attached hydrogens (primary N) is 1. The van der Waals surface area contributed by atoms with E-state index in [0.29, 0.717) is 16.6 Å². The van der Waals surface area contributed by atoms with E-state index in [-0.39, 0.29) is 6.10 Å². The van der Waals surface area contributed by atoms with Crippen LogP contribution in [0.5, 0.6) is 0 Å². The molecule has 2 N–H and O–H groups in total. The highest BCUT2D eigenvalue weighted by molar-refractivity contribution is 6.33. The fourth-order valence-corrected chi connectivity index (χ4v) is 2.53. The van der Waals surface area contributed by atoms with Crippen LogP contribution in [0, 0.1) is 5.92 Å². The maximum absolute atomic E-state index is 6.05. The molecule has 0 amide bonds. The van der Waals surface area contributed by atoms with Gasteiger partial charge in [-0.1, -0.05) is 24.6 Å². The van der Waals surface area contributed by atoms with Crippen LogP contribution in [-0.2, 0) is 4.74 Å². The molecule has 0 aromatic heterocycles. The molecule has 0 spiro atoms. The van der Waals surface area contributed by atoms with E-state index in [4.69, 9.17) is 22.1 Å². The van der Waals surface area contributed by atoms with Crippen molar-refractivity contribution in [2.24, 2.45) is 5.92 Å². The Bertz CT molecular complexity index is 397. The van der Waals surface area contributed by atoms with Crippen molar-refractivity contribution in [3.05, 3.63) is 23.2 Å². The molecule has 1 aliphatic heterocycles. The average molecular weight is 255 g/mol. The first-order valence-corrected chi connectivity index (χ1v) is 6.33. The van der Waals surface area contributed by atoms with Crippen molar-refractivity contribution >= 4 is 23.0 Å². The van der Waals surface area contributed by atoms with E-state index in [0.717, 1.165) is 25.2 Å². The maximum Gasteiger partial charge on any atom is 0.0772 e. The number of benzene rings is 1. The predicted molar refractivity (Wildman–Crippen MR) is 72.7 cm³/mol. The molecule has 1 fully saturated rings. The minimum atomic E-state index is 0.266. The third-order valence-electron chi connectivity index (χ3n) is 3.56. The molecule has 3 nitrogen and oxygen atoms in total. The van der Waals surface area contributed by atoms with Crippen LogP contribution in [0.3, 0.4) is 0 Å². The minimum absolute atomic E-state index is 0.266. The van der Waals surface area contributed by atoms with Gasteiger partial charge in [0.15, 0.2) is 0 Å². The zero-order chi connectivity index (χ0) is 12.4.